The molecule has 0 spiro atoms. The summed E-state index contributed by atoms with van der Waals surface area (Å²) in [5.74, 6) is 0. The highest BCUT2D eigenvalue weighted by molar-refractivity contribution is 6.23. The van der Waals surface area contributed by atoms with Gasteiger partial charge in [0.15, 0.2) is 0 Å². The first kappa shape index (κ1) is 14.2. The molecule has 24 heavy (non-hydrogen) atoms. The van der Waals surface area contributed by atoms with Gasteiger partial charge in [0.1, 0.15) is 0 Å². The lowest BCUT2D eigenvalue weighted by atomic mass is 9.89. The molecule has 1 aliphatic rings. The van der Waals surface area contributed by atoms with Crippen LogP contribution >= 0.6 is 0 Å². The maximum atomic E-state index is 5.88. The Morgan fingerprint density at radius 1 is 0.958 bits per heavy atom. The Labute approximate surface area is 140 Å². The zero-order chi connectivity index (χ0) is 16.3. The summed E-state index contributed by atoms with van der Waals surface area (Å²) in [6, 6.07) is 20.2. The molecule has 1 aliphatic heterocycles. The highest BCUT2D eigenvalue weighted by Crippen LogP contribution is 2.41. The van der Waals surface area contributed by atoms with Gasteiger partial charge in [0.25, 0.3) is 0 Å². The van der Waals surface area contributed by atoms with Crippen molar-refractivity contribution in [1.29, 1.82) is 0 Å². The van der Waals surface area contributed by atoms with Crippen LogP contribution in [-0.2, 0) is 4.84 Å². The molecule has 0 bridgehead atoms. The lowest BCUT2D eigenvalue weighted by Gasteiger charge is -2.21. The molecule has 1 fully saturated rings. The predicted molar refractivity (Wildman–Crippen MR) is 99.2 cm³/mol. The van der Waals surface area contributed by atoms with Crippen molar-refractivity contribution >= 4 is 32.3 Å². The number of hydrogen-bond donors (Lipinski definition) is 1. The molecule has 4 aromatic carbocycles. The molecule has 120 valence electrons. The van der Waals surface area contributed by atoms with E-state index in [4.69, 9.17) is 10.6 Å². The van der Waals surface area contributed by atoms with Crippen LogP contribution in [0.25, 0.3) is 32.3 Å². The Balaban J connectivity index is 1.81. The van der Waals surface area contributed by atoms with Crippen molar-refractivity contribution < 1.29 is 4.84 Å². The summed E-state index contributed by atoms with van der Waals surface area (Å²) in [7, 11) is 2.01. The first-order valence-electron chi connectivity index (χ1n) is 8.52. The number of hydroxylamine groups is 2. The Morgan fingerprint density at radius 3 is 2.33 bits per heavy atom. The van der Waals surface area contributed by atoms with E-state index < -0.39 is 0 Å². The molecule has 0 aliphatic carbocycles. The maximum absolute atomic E-state index is 5.88. The maximum Gasteiger partial charge on any atom is 0.0934 e. The van der Waals surface area contributed by atoms with Crippen molar-refractivity contribution in [3.63, 3.8) is 0 Å². The Kier molecular flexibility index (Phi) is 3.04. The highest BCUT2D eigenvalue weighted by atomic mass is 16.7. The molecule has 4 aromatic rings. The van der Waals surface area contributed by atoms with Crippen LogP contribution in [-0.4, -0.2) is 24.8 Å². The molecule has 3 nitrogen and oxygen atoms in total. The Bertz CT molecular complexity index is 1030. The van der Waals surface area contributed by atoms with E-state index in [1.54, 1.807) is 0 Å². The number of rotatable bonds is 2. The summed E-state index contributed by atoms with van der Waals surface area (Å²) in [6.07, 6.45) is 1.05. The van der Waals surface area contributed by atoms with Gasteiger partial charge < -0.3 is 5.73 Å². The van der Waals surface area contributed by atoms with Crippen molar-refractivity contribution in [2.75, 3.05) is 13.6 Å². The molecule has 2 atom stereocenters. The first-order chi connectivity index (χ1) is 11.8. The summed E-state index contributed by atoms with van der Waals surface area (Å²) in [6.45, 7) is 0.562. The third-order valence-corrected chi connectivity index (χ3v) is 5.42. The van der Waals surface area contributed by atoms with Gasteiger partial charge in [-0.3, -0.25) is 4.84 Å². The van der Waals surface area contributed by atoms with E-state index in [0.717, 1.165) is 6.42 Å². The summed E-state index contributed by atoms with van der Waals surface area (Å²) in [5, 5.41) is 9.95. The third-order valence-electron chi connectivity index (χ3n) is 5.42. The van der Waals surface area contributed by atoms with Crippen LogP contribution in [0, 0.1) is 0 Å². The van der Waals surface area contributed by atoms with E-state index in [2.05, 4.69) is 54.6 Å². The van der Waals surface area contributed by atoms with Gasteiger partial charge in [-0.2, -0.15) is 5.06 Å². The molecule has 0 amide bonds. The van der Waals surface area contributed by atoms with Crippen LogP contribution in [0.3, 0.4) is 0 Å². The summed E-state index contributed by atoms with van der Waals surface area (Å²) >= 11 is 0. The van der Waals surface area contributed by atoms with E-state index in [-0.39, 0.29) is 12.1 Å². The largest absolute Gasteiger partial charge is 0.328 e. The molecule has 0 radical (unpaired) electrons. The molecular weight excluding hydrogens is 296 g/mol. The van der Waals surface area contributed by atoms with Gasteiger partial charge in [0.2, 0.25) is 0 Å². The number of hydrogen-bond acceptors (Lipinski definition) is 3. The van der Waals surface area contributed by atoms with Gasteiger partial charge in [-0.25, -0.2) is 0 Å². The van der Waals surface area contributed by atoms with Gasteiger partial charge in [-0.05, 0) is 44.3 Å². The number of nitrogens with zero attached hydrogens (tertiary/aromatic N) is 1. The van der Waals surface area contributed by atoms with Crippen molar-refractivity contribution in [2.24, 2.45) is 5.73 Å². The lowest BCUT2D eigenvalue weighted by Crippen LogP contribution is -2.21. The summed E-state index contributed by atoms with van der Waals surface area (Å²) in [4.78, 5) is 5.88. The smallest absolute Gasteiger partial charge is 0.0934 e. The fourth-order valence-electron chi connectivity index (χ4n) is 4.26. The van der Waals surface area contributed by atoms with E-state index >= 15 is 0 Å². The zero-order valence-corrected chi connectivity index (χ0v) is 13.7. The fraction of sp³-hybridized carbons (Fsp3) is 0.238. The molecule has 0 unspecified atom stereocenters. The van der Waals surface area contributed by atoms with E-state index in [9.17, 15) is 0 Å². The molecule has 2 N–H and O–H groups in total. The molecular formula is C21H20N2O. The lowest BCUT2D eigenvalue weighted by molar-refractivity contribution is -0.140. The second-order valence-electron chi connectivity index (χ2n) is 6.77. The topological polar surface area (TPSA) is 38.5 Å². The quantitative estimate of drug-likeness (QED) is 0.563. The van der Waals surface area contributed by atoms with E-state index in [0.29, 0.717) is 6.54 Å². The minimum Gasteiger partial charge on any atom is -0.328 e. The fourth-order valence-corrected chi connectivity index (χ4v) is 4.26. The monoisotopic (exact) mass is 316 g/mol. The molecule has 0 saturated carbocycles. The normalized spacial score (nSPS) is 22.2. The standard InChI is InChI=1S/C21H20N2O/c1-23-19(11-16(12-22)24-23)17-9-7-15-6-5-13-3-2-4-14-8-10-18(17)21(15)20(13)14/h2-10,16,19H,11-12,22H2,1H3/t16-,19-/m1/s1. The molecule has 1 saturated heterocycles. The van der Waals surface area contributed by atoms with Crippen LogP contribution in [0.1, 0.15) is 18.0 Å². The summed E-state index contributed by atoms with van der Waals surface area (Å²) in [5.41, 5.74) is 7.15. The van der Waals surface area contributed by atoms with E-state index in [1.165, 1.54) is 37.9 Å². The van der Waals surface area contributed by atoms with Crippen LogP contribution in [0.4, 0.5) is 0 Å². The van der Waals surface area contributed by atoms with Gasteiger partial charge in [0.05, 0.1) is 12.1 Å². The Hall–Kier alpha value is -2.20. The second-order valence-corrected chi connectivity index (χ2v) is 6.77. The van der Waals surface area contributed by atoms with Crippen molar-refractivity contribution in [2.45, 2.75) is 18.6 Å². The number of benzene rings is 4. The van der Waals surface area contributed by atoms with Crippen LogP contribution in [0.15, 0.2) is 54.6 Å². The van der Waals surface area contributed by atoms with E-state index in [1.807, 2.05) is 12.1 Å². The Morgan fingerprint density at radius 2 is 1.62 bits per heavy atom. The average Bonchev–Trinajstić information content (AvgIpc) is 3.00. The molecule has 3 heteroatoms. The zero-order valence-electron chi connectivity index (χ0n) is 13.7. The van der Waals surface area contributed by atoms with Gasteiger partial charge in [0, 0.05) is 13.6 Å². The second kappa shape index (κ2) is 5.15. The van der Waals surface area contributed by atoms with Crippen molar-refractivity contribution in [3.8, 4) is 0 Å². The highest BCUT2D eigenvalue weighted by Gasteiger charge is 2.32. The minimum absolute atomic E-state index is 0.110. The molecule has 1 heterocycles. The first-order valence-corrected chi connectivity index (χ1v) is 8.52. The third kappa shape index (κ3) is 1.89. The summed E-state index contributed by atoms with van der Waals surface area (Å²) < 4.78 is 0. The van der Waals surface area contributed by atoms with Crippen LogP contribution in [0.2, 0.25) is 0 Å². The number of nitrogens with two attached hydrogens (primary N) is 1. The average molecular weight is 316 g/mol. The molecule has 5 rings (SSSR count). The van der Waals surface area contributed by atoms with Crippen LogP contribution in [0.5, 0.6) is 0 Å². The molecule has 0 aromatic heterocycles. The minimum atomic E-state index is 0.110. The van der Waals surface area contributed by atoms with Crippen LogP contribution < -0.4 is 5.73 Å². The van der Waals surface area contributed by atoms with Gasteiger partial charge >= 0.3 is 0 Å². The van der Waals surface area contributed by atoms with Crippen molar-refractivity contribution in [3.05, 3.63) is 60.2 Å². The predicted octanol–water partition coefficient (Wildman–Crippen LogP) is 4.22. The van der Waals surface area contributed by atoms with Gasteiger partial charge in [-0.1, -0.05) is 54.6 Å². The van der Waals surface area contributed by atoms with Crippen molar-refractivity contribution in [1.82, 2.24) is 5.06 Å². The SMILES string of the molecule is CN1O[C@@H](CN)C[C@@H]1c1ccc2ccc3cccc4ccc1c2c34. The van der Waals surface area contributed by atoms with Gasteiger partial charge in [-0.15, -0.1) is 0 Å².